The summed E-state index contributed by atoms with van der Waals surface area (Å²) < 4.78 is 13.5. The van der Waals surface area contributed by atoms with Crippen molar-refractivity contribution in [2.75, 3.05) is 25.0 Å². The molecule has 0 radical (unpaired) electrons. The minimum Gasteiger partial charge on any atom is -0.373 e. The van der Waals surface area contributed by atoms with E-state index < -0.39 is 0 Å². The highest BCUT2D eigenvalue weighted by atomic mass is 19.1. The average molecular weight is 219 g/mol. The van der Waals surface area contributed by atoms with Gasteiger partial charge in [0, 0.05) is 37.4 Å². The number of para-hydroxylation sites is 1. The summed E-state index contributed by atoms with van der Waals surface area (Å²) in [5.74, 6) is -0.291. The normalized spacial score (nSPS) is 10.7. The van der Waals surface area contributed by atoms with E-state index in [2.05, 4.69) is 4.98 Å². The largest absolute Gasteiger partial charge is 0.373 e. The van der Waals surface area contributed by atoms with Gasteiger partial charge in [-0.05, 0) is 12.1 Å². The Balaban J connectivity index is 2.58. The minimum absolute atomic E-state index is 0.291. The number of rotatable bonds is 3. The quantitative estimate of drug-likeness (QED) is 0.855. The molecule has 2 rings (SSSR count). The molecule has 0 unspecified atom stereocenters. The van der Waals surface area contributed by atoms with Crippen molar-refractivity contribution < 1.29 is 4.39 Å². The van der Waals surface area contributed by atoms with Crippen molar-refractivity contribution in [2.24, 2.45) is 5.73 Å². The molecule has 1 aromatic heterocycles. The monoisotopic (exact) mass is 219 g/mol. The lowest BCUT2D eigenvalue weighted by Crippen LogP contribution is -2.25. The molecule has 0 saturated heterocycles. The van der Waals surface area contributed by atoms with Gasteiger partial charge in [0.25, 0.3) is 0 Å². The van der Waals surface area contributed by atoms with E-state index in [0.717, 1.165) is 17.6 Å². The van der Waals surface area contributed by atoms with E-state index in [4.69, 9.17) is 5.73 Å². The van der Waals surface area contributed by atoms with Crippen LogP contribution >= 0.6 is 0 Å². The second kappa shape index (κ2) is 4.45. The van der Waals surface area contributed by atoms with Crippen LogP contribution in [0.4, 0.5) is 10.1 Å². The highest BCUT2D eigenvalue weighted by molar-refractivity contribution is 5.91. The van der Waals surface area contributed by atoms with E-state index in [9.17, 15) is 4.39 Å². The van der Waals surface area contributed by atoms with E-state index in [0.29, 0.717) is 12.1 Å². The fraction of sp³-hybridized carbons (Fsp3) is 0.250. The molecule has 2 N–H and O–H groups in total. The number of anilines is 1. The Morgan fingerprint density at radius 2 is 2.19 bits per heavy atom. The molecule has 0 bridgehead atoms. The van der Waals surface area contributed by atoms with Crippen molar-refractivity contribution in [3.63, 3.8) is 0 Å². The van der Waals surface area contributed by atoms with Crippen LogP contribution in [0.1, 0.15) is 0 Å². The number of halogens is 1. The molecule has 1 heterocycles. The van der Waals surface area contributed by atoms with Crippen molar-refractivity contribution >= 4 is 16.6 Å². The standard InChI is InChI=1S/C12H14FN3/c1-16(8-6-14)11-5-7-15-12-9(11)3-2-4-10(12)13/h2-5,7H,6,8,14H2,1H3. The lowest BCUT2D eigenvalue weighted by molar-refractivity contribution is 0.637. The number of aromatic nitrogens is 1. The number of likely N-dealkylation sites (N-methyl/N-ethyl adjacent to an activating group) is 1. The Morgan fingerprint density at radius 3 is 2.94 bits per heavy atom. The summed E-state index contributed by atoms with van der Waals surface area (Å²) in [6.45, 7) is 1.30. The van der Waals surface area contributed by atoms with Gasteiger partial charge in [0.05, 0.1) is 0 Å². The summed E-state index contributed by atoms with van der Waals surface area (Å²) in [4.78, 5) is 6.05. The smallest absolute Gasteiger partial charge is 0.149 e. The van der Waals surface area contributed by atoms with E-state index in [1.54, 1.807) is 12.3 Å². The fourth-order valence-corrected chi connectivity index (χ4v) is 1.77. The number of hydrogen-bond donors (Lipinski definition) is 1. The van der Waals surface area contributed by atoms with Crippen LogP contribution in [0.5, 0.6) is 0 Å². The summed E-state index contributed by atoms with van der Waals surface area (Å²) in [6.07, 6.45) is 1.62. The Bertz CT molecular complexity index is 499. The van der Waals surface area contributed by atoms with Gasteiger partial charge in [0.2, 0.25) is 0 Å². The van der Waals surface area contributed by atoms with Gasteiger partial charge in [-0.1, -0.05) is 12.1 Å². The zero-order valence-electron chi connectivity index (χ0n) is 9.15. The van der Waals surface area contributed by atoms with Crippen LogP contribution in [0.3, 0.4) is 0 Å². The molecular weight excluding hydrogens is 205 g/mol. The van der Waals surface area contributed by atoms with Gasteiger partial charge < -0.3 is 10.6 Å². The second-order valence-electron chi connectivity index (χ2n) is 3.68. The predicted octanol–water partition coefficient (Wildman–Crippen LogP) is 1.77. The molecule has 0 spiro atoms. The minimum atomic E-state index is -0.291. The molecule has 0 amide bonds. The van der Waals surface area contributed by atoms with Crippen LogP contribution in [-0.4, -0.2) is 25.1 Å². The number of nitrogens with two attached hydrogens (primary N) is 1. The molecule has 0 atom stereocenters. The van der Waals surface area contributed by atoms with Gasteiger partial charge in [0.1, 0.15) is 11.3 Å². The zero-order valence-corrected chi connectivity index (χ0v) is 9.15. The molecule has 0 aliphatic carbocycles. The lowest BCUT2D eigenvalue weighted by Gasteiger charge is -2.19. The van der Waals surface area contributed by atoms with Crippen molar-refractivity contribution in [2.45, 2.75) is 0 Å². The molecule has 2 aromatic rings. The summed E-state index contributed by atoms with van der Waals surface area (Å²) in [7, 11) is 1.94. The Labute approximate surface area is 93.7 Å². The topological polar surface area (TPSA) is 42.1 Å². The first kappa shape index (κ1) is 10.8. The molecule has 0 fully saturated rings. The second-order valence-corrected chi connectivity index (χ2v) is 3.68. The van der Waals surface area contributed by atoms with Crippen LogP contribution in [0.25, 0.3) is 10.9 Å². The molecule has 4 heteroatoms. The number of pyridine rings is 1. The number of fused-ring (bicyclic) bond motifs is 1. The molecule has 0 aliphatic heterocycles. The van der Waals surface area contributed by atoms with Gasteiger partial charge in [0.15, 0.2) is 0 Å². The maximum absolute atomic E-state index is 13.5. The lowest BCUT2D eigenvalue weighted by atomic mass is 10.1. The van der Waals surface area contributed by atoms with E-state index >= 15 is 0 Å². The maximum atomic E-state index is 13.5. The predicted molar refractivity (Wildman–Crippen MR) is 64.0 cm³/mol. The zero-order chi connectivity index (χ0) is 11.5. The van der Waals surface area contributed by atoms with Crippen molar-refractivity contribution in [3.05, 3.63) is 36.3 Å². The van der Waals surface area contributed by atoms with Gasteiger partial charge in [-0.3, -0.25) is 4.98 Å². The third-order valence-corrected chi connectivity index (χ3v) is 2.57. The van der Waals surface area contributed by atoms with Crippen LogP contribution in [0.2, 0.25) is 0 Å². The molecular formula is C12H14FN3. The summed E-state index contributed by atoms with van der Waals surface area (Å²) in [6, 6.07) is 6.85. The third-order valence-electron chi connectivity index (χ3n) is 2.57. The van der Waals surface area contributed by atoms with Gasteiger partial charge in [-0.25, -0.2) is 4.39 Å². The van der Waals surface area contributed by atoms with Crippen molar-refractivity contribution in [1.82, 2.24) is 4.98 Å². The SMILES string of the molecule is CN(CCN)c1ccnc2c(F)cccc12. The summed E-state index contributed by atoms with van der Waals surface area (Å²) in [5, 5.41) is 0.818. The Morgan fingerprint density at radius 1 is 1.38 bits per heavy atom. The average Bonchev–Trinajstić information content (AvgIpc) is 2.29. The van der Waals surface area contributed by atoms with E-state index in [-0.39, 0.29) is 5.82 Å². The molecule has 1 aromatic carbocycles. The number of hydrogen-bond acceptors (Lipinski definition) is 3. The first-order chi connectivity index (χ1) is 7.74. The molecule has 84 valence electrons. The van der Waals surface area contributed by atoms with Crippen LogP contribution in [0.15, 0.2) is 30.5 Å². The summed E-state index contributed by atoms with van der Waals surface area (Å²) >= 11 is 0. The molecule has 16 heavy (non-hydrogen) atoms. The van der Waals surface area contributed by atoms with Crippen LogP contribution in [-0.2, 0) is 0 Å². The van der Waals surface area contributed by atoms with Crippen LogP contribution in [0, 0.1) is 5.82 Å². The Kier molecular flexibility index (Phi) is 3.01. The van der Waals surface area contributed by atoms with E-state index in [1.165, 1.54) is 6.07 Å². The molecule has 0 saturated carbocycles. The van der Waals surface area contributed by atoms with E-state index in [1.807, 2.05) is 24.1 Å². The van der Waals surface area contributed by atoms with Crippen LogP contribution < -0.4 is 10.6 Å². The van der Waals surface area contributed by atoms with Gasteiger partial charge in [-0.15, -0.1) is 0 Å². The number of nitrogens with zero attached hydrogens (tertiary/aromatic N) is 2. The Hall–Kier alpha value is -1.68. The first-order valence-electron chi connectivity index (χ1n) is 5.18. The van der Waals surface area contributed by atoms with Crippen molar-refractivity contribution in [3.8, 4) is 0 Å². The summed E-state index contributed by atoms with van der Waals surface area (Å²) in [5.41, 5.74) is 6.87. The highest BCUT2D eigenvalue weighted by Gasteiger charge is 2.08. The van der Waals surface area contributed by atoms with Gasteiger partial charge in [-0.2, -0.15) is 0 Å². The van der Waals surface area contributed by atoms with Gasteiger partial charge >= 0.3 is 0 Å². The molecule has 0 aliphatic rings. The fourth-order valence-electron chi connectivity index (χ4n) is 1.77. The maximum Gasteiger partial charge on any atom is 0.149 e. The third kappa shape index (κ3) is 1.84. The highest BCUT2D eigenvalue weighted by Crippen LogP contribution is 2.25. The number of benzene rings is 1. The first-order valence-corrected chi connectivity index (χ1v) is 5.18. The van der Waals surface area contributed by atoms with Crippen molar-refractivity contribution in [1.29, 1.82) is 0 Å². The molecule has 3 nitrogen and oxygen atoms in total.